The normalized spacial score (nSPS) is 12.6. The van der Waals surface area contributed by atoms with Gasteiger partial charge in [-0.2, -0.15) is 0 Å². The van der Waals surface area contributed by atoms with Crippen LogP contribution in [0.1, 0.15) is 10.6 Å². The van der Waals surface area contributed by atoms with E-state index in [1.54, 1.807) is 23.1 Å². The zero-order valence-corrected chi connectivity index (χ0v) is 17.2. The zero-order chi connectivity index (χ0) is 19.1. The molecule has 2 aromatic heterocycles. The van der Waals surface area contributed by atoms with Crippen molar-refractivity contribution in [3.63, 3.8) is 0 Å². The van der Waals surface area contributed by atoms with E-state index < -0.39 is 0 Å². The molecule has 0 fully saturated rings. The zero-order valence-electron chi connectivity index (χ0n) is 14.8. The van der Waals surface area contributed by atoms with E-state index in [0.717, 1.165) is 53.6 Å². The van der Waals surface area contributed by atoms with Gasteiger partial charge in [0, 0.05) is 16.3 Å². The van der Waals surface area contributed by atoms with Crippen molar-refractivity contribution in [2.75, 3.05) is 6.79 Å². The van der Waals surface area contributed by atoms with Crippen LogP contribution in [0.5, 0.6) is 11.5 Å². The van der Waals surface area contributed by atoms with Crippen molar-refractivity contribution in [1.29, 1.82) is 0 Å². The molecule has 0 amide bonds. The summed E-state index contributed by atoms with van der Waals surface area (Å²) in [7, 11) is 0. The summed E-state index contributed by atoms with van der Waals surface area (Å²) >= 11 is 9.50. The molecule has 0 spiro atoms. The first-order valence-corrected chi connectivity index (χ1v) is 10.8. The molecule has 0 bridgehead atoms. The Morgan fingerprint density at radius 3 is 2.86 bits per heavy atom. The summed E-state index contributed by atoms with van der Waals surface area (Å²) in [6.45, 7) is 2.24. The van der Waals surface area contributed by atoms with Crippen molar-refractivity contribution in [1.82, 2.24) is 15.2 Å². The molecule has 0 atom stereocenters. The maximum atomic E-state index is 6.28. The highest BCUT2D eigenvalue weighted by Crippen LogP contribution is 2.40. The standard InChI is InChI=1S/C20H14ClN3O2S2/c1-11-22-18-19(28-11)17(12-6-7-15-16(8-12)26-10-25-15)23-24-20(18)27-9-13-4-2-3-5-14(13)21/h2-8H,9-10H2,1H3. The molecule has 0 N–H and O–H groups in total. The van der Waals surface area contributed by atoms with Crippen LogP contribution in [0.25, 0.3) is 21.5 Å². The van der Waals surface area contributed by atoms with Crippen LogP contribution in [-0.4, -0.2) is 22.0 Å². The summed E-state index contributed by atoms with van der Waals surface area (Å²) in [5.41, 5.74) is 3.69. The molecule has 0 radical (unpaired) electrons. The molecule has 5 rings (SSSR count). The van der Waals surface area contributed by atoms with Crippen LogP contribution in [0.15, 0.2) is 47.5 Å². The number of thioether (sulfide) groups is 1. The molecule has 8 heteroatoms. The van der Waals surface area contributed by atoms with E-state index >= 15 is 0 Å². The van der Waals surface area contributed by atoms with Gasteiger partial charge in [-0.3, -0.25) is 0 Å². The van der Waals surface area contributed by atoms with Crippen LogP contribution in [0.3, 0.4) is 0 Å². The first-order chi connectivity index (χ1) is 13.7. The Morgan fingerprint density at radius 2 is 1.96 bits per heavy atom. The number of aryl methyl sites for hydroxylation is 1. The summed E-state index contributed by atoms with van der Waals surface area (Å²) in [5.74, 6) is 2.19. The summed E-state index contributed by atoms with van der Waals surface area (Å²) in [4.78, 5) is 4.71. The number of hydrogen-bond donors (Lipinski definition) is 0. The van der Waals surface area contributed by atoms with E-state index in [-0.39, 0.29) is 6.79 Å². The molecule has 0 saturated heterocycles. The number of thiazole rings is 1. The fourth-order valence-corrected chi connectivity index (χ4v) is 5.21. The molecule has 1 aliphatic rings. The second kappa shape index (κ2) is 7.24. The number of ether oxygens (including phenoxy) is 2. The monoisotopic (exact) mass is 427 g/mol. The Morgan fingerprint density at radius 1 is 1.11 bits per heavy atom. The largest absolute Gasteiger partial charge is 0.454 e. The highest BCUT2D eigenvalue weighted by atomic mass is 35.5. The van der Waals surface area contributed by atoms with E-state index in [1.807, 2.05) is 49.4 Å². The third-order valence-electron chi connectivity index (χ3n) is 4.36. The lowest BCUT2D eigenvalue weighted by Crippen LogP contribution is -1.93. The van der Waals surface area contributed by atoms with Crippen molar-refractivity contribution < 1.29 is 9.47 Å². The van der Waals surface area contributed by atoms with Gasteiger partial charge in [0.2, 0.25) is 6.79 Å². The van der Waals surface area contributed by atoms with E-state index in [9.17, 15) is 0 Å². The van der Waals surface area contributed by atoms with Crippen molar-refractivity contribution in [3.8, 4) is 22.8 Å². The van der Waals surface area contributed by atoms with Gasteiger partial charge in [-0.25, -0.2) is 4.98 Å². The van der Waals surface area contributed by atoms with E-state index in [1.165, 1.54) is 0 Å². The van der Waals surface area contributed by atoms with E-state index in [0.29, 0.717) is 5.75 Å². The minimum Gasteiger partial charge on any atom is -0.454 e. The van der Waals surface area contributed by atoms with Gasteiger partial charge < -0.3 is 9.47 Å². The molecule has 2 aromatic carbocycles. The van der Waals surface area contributed by atoms with Crippen LogP contribution in [0.2, 0.25) is 5.02 Å². The fourth-order valence-electron chi connectivity index (χ4n) is 3.01. The Balaban J connectivity index is 1.53. The molecular weight excluding hydrogens is 414 g/mol. The van der Waals surface area contributed by atoms with Crippen LogP contribution in [0, 0.1) is 6.92 Å². The first kappa shape index (κ1) is 17.7. The van der Waals surface area contributed by atoms with E-state index in [2.05, 4.69) is 10.2 Å². The average Bonchev–Trinajstić information content (AvgIpc) is 3.32. The van der Waals surface area contributed by atoms with Crippen molar-refractivity contribution in [2.45, 2.75) is 17.7 Å². The van der Waals surface area contributed by atoms with Gasteiger partial charge in [0.1, 0.15) is 16.2 Å². The maximum absolute atomic E-state index is 6.28. The lowest BCUT2D eigenvalue weighted by Gasteiger charge is -2.07. The van der Waals surface area contributed by atoms with Crippen molar-refractivity contribution in [2.24, 2.45) is 0 Å². The van der Waals surface area contributed by atoms with Gasteiger partial charge in [-0.05, 0) is 36.8 Å². The highest BCUT2D eigenvalue weighted by Gasteiger charge is 2.19. The van der Waals surface area contributed by atoms with Gasteiger partial charge >= 0.3 is 0 Å². The SMILES string of the molecule is Cc1nc2c(SCc3ccccc3Cl)nnc(-c3ccc4c(c3)OCO4)c2s1. The van der Waals surface area contributed by atoms with Gasteiger partial charge in [0.15, 0.2) is 11.5 Å². The number of halogens is 1. The molecule has 3 heterocycles. The quantitative estimate of drug-likeness (QED) is 0.387. The lowest BCUT2D eigenvalue weighted by atomic mass is 10.1. The minimum absolute atomic E-state index is 0.247. The molecule has 4 aromatic rings. The average molecular weight is 428 g/mol. The molecular formula is C20H14ClN3O2S2. The number of benzene rings is 2. The Labute approximate surface area is 174 Å². The Hall–Kier alpha value is -2.35. The molecule has 5 nitrogen and oxygen atoms in total. The highest BCUT2D eigenvalue weighted by molar-refractivity contribution is 7.98. The number of nitrogens with zero attached hydrogens (tertiary/aromatic N) is 3. The lowest BCUT2D eigenvalue weighted by molar-refractivity contribution is 0.174. The van der Waals surface area contributed by atoms with Gasteiger partial charge in [0.25, 0.3) is 0 Å². The predicted molar refractivity (Wildman–Crippen MR) is 113 cm³/mol. The molecule has 1 aliphatic heterocycles. The van der Waals surface area contributed by atoms with Crippen LogP contribution in [0.4, 0.5) is 0 Å². The first-order valence-electron chi connectivity index (χ1n) is 8.59. The van der Waals surface area contributed by atoms with Crippen LogP contribution in [-0.2, 0) is 5.75 Å². The molecule has 28 heavy (non-hydrogen) atoms. The third kappa shape index (κ3) is 3.19. The topological polar surface area (TPSA) is 57.1 Å². The Bertz CT molecular complexity index is 1200. The van der Waals surface area contributed by atoms with Gasteiger partial charge in [-0.15, -0.1) is 21.5 Å². The van der Waals surface area contributed by atoms with E-state index in [4.69, 9.17) is 26.1 Å². The molecule has 140 valence electrons. The van der Waals surface area contributed by atoms with Gasteiger partial charge in [-0.1, -0.05) is 41.6 Å². The summed E-state index contributed by atoms with van der Waals surface area (Å²) in [6, 6.07) is 13.7. The van der Waals surface area contributed by atoms with Gasteiger partial charge in [0.05, 0.1) is 9.71 Å². The number of fused-ring (bicyclic) bond motifs is 2. The van der Waals surface area contributed by atoms with Crippen molar-refractivity contribution in [3.05, 3.63) is 58.1 Å². The molecule has 0 aliphatic carbocycles. The number of aromatic nitrogens is 3. The van der Waals surface area contributed by atoms with Crippen LogP contribution >= 0.6 is 34.7 Å². The molecule has 0 unspecified atom stereocenters. The molecule has 0 saturated carbocycles. The summed E-state index contributed by atoms with van der Waals surface area (Å²) in [6.07, 6.45) is 0. The Kier molecular flexibility index (Phi) is 4.58. The minimum atomic E-state index is 0.247. The summed E-state index contributed by atoms with van der Waals surface area (Å²) in [5, 5.41) is 11.5. The number of rotatable bonds is 4. The second-order valence-corrected chi connectivity index (χ2v) is 8.79. The summed E-state index contributed by atoms with van der Waals surface area (Å²) < 4.78 is 11.9. The van der Waals surface area contributed by atoms with Crippen molar-refractivity contribution >= 4 is 44.9 Å². The third-order valence-corrected chi connectivity index (χ3v) is 6.71. The number of hydrogen-bond acceptors (Lipinski definition) is 7. The predicted octanol–water partition coefficient (Wildman–Crippen LogP) is 5.74. The second-order valence-electron chi connectivity index (χ2n) is 6.21. The van der Waals surface area contributed by atoms with Crippen LogP contribution < -0.4 is 9.47 Å². The maximum Gasteiger partial charge on any atom is 0.231 e. The fraction of sp³-hybridized carbons (Fsp3) is 0.150. The smallest absolute Gasteiger partial charge is 0.231 e.